The molecule has 1 saturated heterocycles. The lowest BCUT2D eigenvalue weighted by Crippen LogP contribution is -2.42. The van der Waals surface area contributed by atoms with Crippen LogP contribution in [-0.2, 0) is 0 Å². The van der Waals surface area contributed by atoms with Crippen LogP contribution < -0.4 is 20.8 Å². The molecular weight excluding hydrogens is 377 g/mol. The Balaban J connectivity index is 1.95. The largest absolute Gasteiger partial charge is 0.487 e. The molecule has 2 aliphatic rings. The number of hydrogen-bond acceptors (Lipinski definition) is 5. The van der Waals surface area contributed by atoms with Crippen molar-refractivity contribution >= 4 is 34.2 Å². The van der Waals surface area contributed by atoms with E-state index in [0.29, 0.717) is 23.6 Å². The Kier molecular flexibility index (Phi) is 4.12. The summed E-state index contributed by atoms with van der Waals surface area (Å²) < 4.78 is 22.4. The van der Waals surface area contributed by atoms with Gasteiger partial charge in [0.15, 0.2) is 11.6 Å². The van der Waals surface area contributed by atoms with Crippen molar-refractivity contribution in [1.29, 1.82) is 0 Å². The minimum absolute atomic E-state index is 0.00557. The first-order valence-corrected chi connectivity index (χ1v) is 8.80. The molecule has 0 unspecified atom stereocenters. The predicted octanol–water partition coefficient (Wildman–Crippen LogP) is 2.06. The van der Waals surface area contributed by atoms with E-state index in [0.717, 1.165) is 11.6 Å². The van der Waals surface area contributed by atoms with Crippen molar-refractivity contribution in [2.45, 2.75) is 13.0 Å². The lowest BCUT2D eigenvalue weighted by molar-refractivity contribution is 0.0694. The van der Waals surface area contributed by atoms with Crippen molar-refractivity contribution in [2.75, 3.05) is 31.1 Å². The molecule has 0 radical (unpaired) electrons. The van der Waals surface area contributed by atoms with Crippen LogP contribution in [-0.4, -0.2) is 41.9 Å². The Morgan fingerprint density at radius 1 is 1.48 bits per heavy atom. The van der Waals surface area contributed by atoms with Gasteiger partial charge in [0.1, 0.15) is 17.9 Å². The molecule has 142 valence electrons. The summed E-state index contributed by atoms with van der Waals surface area (Å²) in [5.41, 5.74) is 5.99. The normalized spacial score (nSPS) is 18.3. The van der Waals surface area contributed by atoms with Crippen molar-refractivity contribution in [3.63, 3.8) is 0 Å². The lowest BCUT2D eigenvalue weighted by Gasteiger charge is -2.39. The number of aromatic carboxylic acids is 1. The van der Waals surface area contributed by atoms with Crippen LogP contribution in [0.5, 0.6) is 5.75 Å². The molecule has 1 aromatic heterocycles. The Morgan fingerprint density at radius 2 is 2.19 bits per heavy atom. The summed E-state index contributed by atoms with van der Waals surface area (Å²) in [6.07, 6.45) is 1.30. The number of anilines is 1. The van der Waals surface area contributed by atoms with Gasteiger partial charge in [-0.05, 0) is 18.6 Å². The fourth-order valence-electron chi connectivity index (χ4n) is 3.55. The second kappa shape index (κ2) is 6.24. The highest BCUT2D eigenvalue weighted by atomic mass is 35.5. The van der Waals surface area contributed by atoms with E-state index in [4.69, 9.17) is 22.1 Å². The van der Waals surface area contributed by atoms with Gasteiger partial charge >= 0.3 is 5.97 Å². The summed E-state index contributed by atoms with van der Waals surface area (Å²) in [4.78, 5) is 25.7. The quantitative estimate of drug-likeness (QED) is 0.828. The molecule has 3 N–H and O–H groups in total. The van der Waals surface area contributed by atoms with Crippen molar-refractivity contribution in [3.05, 3.63) is 44.5 Å². The number of aromatic nitrogens is 1. The minimum atomic E-state index is -1.34. The van der Waals surface area contributed by atoms with Gasteiger partial charge < -0.3 is 25.0 Å². The second-order valence-electron chi connectivity index (χ2n) is 6.75. The molecule has 2 aromatic rings. The third-order valence-corrected chi connectivity index (χ3v) is 5.44. The first kappa shape index (κ1) is 17.8. The first-order chi connectivity index (χ1) is 12.8. The van der Waals surface area contributed by atoms with Crippen molar-refractivity contribution in [2.24, 2.45) is 5.73 Å². The Hall–Kier alpha value is -2.58. The third kappa shape index (κ3) is 2.59. The van der Waals surface area contributed by atoms with Gasteiger partial charge in [0.25, 0.3) is 0 Å². The van der Waals surface area contributed by atoms with Crippen LogP contribution in [0, 0.1) is 5.82 Å². The van der Waals surface area contributed by atoms with Gasteiger partial charge in [0.05, 0.1) is 16.9 Å². The number of nitrogens with two attached hydrogens (primary N) is 1. The average molecular weight is 394 g/mol. The fraction of sp³-hybridized carbons (Fsp3) is 0.333. The summed E-state index contributed by atoms with van der Waals surface area (Å²) in [5.74, 6) is -1.73. The molecule has 0 aliphatic carbocycles. The summed E-state index contributed by atoms with van der Waals surface area (Å²) in [7, 11) is 0. The highest BCUT2D eigenvalue weighted by molar-refractivity contribution is 6.30. The number of ether oxygens (including phenoxy) is 1. The van der Waals surface area contributed by atoms with E-state index in [-0.39, 0.29) is 36.0 Å². The van der Waals surface area contributed by atoms with Crippen molar-refractivity contribution < 1.29 is 19.0 Å². The van der Waals surface area contributed by atoms with Crippen LogP contribution in [0.1, 0.15) is 23.3 Å². The number of carboxylic acids is 1. The predicted molar refractivity (Wildman–Crippen MR) is 99.5 cm³/mol. The molecule has 7 nitrogen and oxygen atoms in total. The number of rotatable bonds is 3. The molecule has 0 saturated carbocycles. The maximum absolute atomic E-state index is 14.9. The number of nitrogens with zero attached hydrogens (tertiary/aromatic N) is 2. The number of halogens is 2. The SMILES string of the molecule is C[C@H]1COc2c(N3CC(=C(Cl)CN)C3)c(F)cc3c(=O)c(C(=O)O)cn1c23. The van der Waals surface area contributed by atoms with Gasteiger partial charge in [-0.2, -0.15) is 0 Å². The second-order valence-corrected chi connectivity index (χ2v) is 7.20. The molecule has 9 heteroatoms. The van der Waals surface area contributed by atoms with E-state index in [1.807, 2.05) is 6.92 Å². The average Bonchev–Trinajstić information content (AvgIpc) is 2.59. The Morgan fingerprint density at radius 3 is 2.81 bits per heavy atom. The molecule has 1 aromatic carbocycles. The van der Waals surface area contributed by atoms with Gasteiger partial charge in [0.2, 0.25) is 5.43 Å². The first-order valence-electron chi connectivity index (χ1n) is 8.42. The van der Waals surface area contributed by atoms with Crippen LogP contribution in [0.25, 0.3) is 10.9 Å². The van der Waals surface area contributed by atoms with Crippen LogP contribution in [0.15, 0.2) is 27.7 Å². The van der Waals surface area contributed by atoms with E-state index in [1.54, 1.807) is 9.47 Å². The molecule has 3 heterocycles. The molecular formula is C18H17ClFN3O4. The van der Waals surface area contributed by atoms with Crippen LogP contribution in [0.3, 0.4) is 0 Å². The minimum Gasteiger partial charge on any atom is -0.487 e. The summed E-state index contributed by atoms with van der Waals surface area (Å²) in [6, 6.07) is 0.892. The number of carbonyl (C=O) groups is 1. The van der Waals surface area contributed by atoms with Crippen LogP contribution >= 0.6 is 11.6 Å². The molecule has 0 amide bonds. The highest BCUT2D eigenvalue weighted by Crippen LogP contribution is 2.44. The van der Waals surface area contributed by atoms with Crippen molar-refractivity contribution in [1.82, 2.24) is 4.57 Å². The smallest absolute Gasteiger partial charge is 0.341 e. The zero-order valence-electron chi connectivity index (χ0n) is 14.5. The summed E-state index contributed by atoms with van der Waals surface area (Å²) in [5, 5.41) is 9.86. The van der Waals surface area contributed by atoms with E-state index in [2.05, 4.69) is 0 Å². The Bertz CT molecular complexity index is 1070. The van der Waals surface area contributed by atoms with E-state index in [1.165, 1.54) is 6.20 Å². The van der Waals surface area contributed by atoms with Gasteiger partial charge in [0, 0.05) is 30.9 Å². The van der Waals surface area contributed by atoms with E-state index >= 15 is 0 Å². The van der Waals surface area contributed by atoms with Crippen molar-refractivity contribution in [3.8, 4) is 5.75 Å². The molecule has 1 fully saturated rings. The zero-order chi connectivity index (χ0) is 19.5. The molecule has 27 heavy (non-hydrogen) atoms. The Labute approximate surface area is 158 Å². The fourth-order valence-corrected chi connectivity index (χ4v) is 3.67. The van der Waals surface area contributed by atoms with E-state index < -0.39 is 22.8 Å². The van der Waals surface area contributed by atoms with Gasteiger partial charge in [-0.25, -0.2) is 9.18 Å². The van der Waals surface area contributed by atoms with Crippen LogP contribution in [0.4, 0.5) is 10.1 Å². The molecule has 0 spiro atoms. The van der Waals surface area contributed by atoms with E-state index in [9.17, 15) is 19.1 Å². The molecule has 4 rings (SSSR count). The standard InChI is InChI=1S/C18H17ClFN3O4/c1-8-7-27-17-14-10(16(24)11(18(25)26)6-23(8)14)2-13(20)15(17)22-4-9(5-22)12(19)3-21/h2,6,8H,3-5,7,21H2,1H3,(H,25,26)/t8-/m0/s1. The maximum Gasteiger partial charge on any atom is 0.341 e. The number of pyridine rings is 1. The topological polar surface area (TPSA) is 97.8 Å². The number of benzene rings is 1. The molecule has 1 atom stereocenters. The summed E-state index contributed by atoms with van der Waals surface area (Å²) >= 11 is 6.05. The van der Waals surface area contributed by atoms with Gasteiger partial charge in [-0.1, -0.05) is 11.6 Å². The zero-order valence-corrected chi connectivity index (χ0v) is 15.2. The lowest BCUT2D eigenvalue weighted by atomic mass is 10.0. The van der Waals surface area contributed by atoms with Gasteiger partial charge in [-0.15, -0.1) is 0 Å². The van der Waals surface area contributed by atoms with Crippen LogP contribution in [0.2, 0.25) is 0 Å². The number of carboxylic acid groups (broad SMARTS) is 1. The highest BCUT2D eigenvalue weighted by Gasteiger charge is 2.33. The summed E-state index contributed by atoms with van der Waals surface area (Å²) in [6.45, 7) is 3.14. The monoisotopic (exact) mass is 393 g/mol. The third-order valence-electron chi connectivity index (χ3n) is 5.01. The molecule has 0 bridgehead atoms. The maximum atomic E-state index is 14.9. The number of hydrogen-bond donors (Lipinski definition) is 2. The van der Waals surface area contributed by atoms with Gasteiger partial charge in [-0.3, -0.25) is 4.79 Å². The molecule has 2 aliphatic heterocycles.